The SMILES string of the molecule is O=C(Cc1csc(NC(=O)Cc2cccs2)n1)NCCSCc1ccccc1F. The monoisotopic (exact) mass is 449 g/mol. The summed E-state index contributed by atoms with van der Waals surface area (Å²) in [7, 11) is 0. The van der Waals surface area contributed by atoms with Gasteiger partial charge in [0.1, 0.15) is 5.82 Å². The van der Waals surface area contributed by atoms with Gasteiger partial charge in [0.2, 0.25) is 11.8 Å². The van der Waals surface area contributed by atoms with E-state index in [1.165, 1.54) is 28.7 Å². The van der Waals surface area contributed by atoms with Crippen LogP contribution >= 0.6 is 34.4 Å². The predicted octanol–water partition coefficient (Wildman–Crippen LogP) is 4.12. The lowest BCUT2D eigenvalue weighted by Gasteiger charge is -2.05. The maximum Gasteiger partial charge on any atom is 0.231 e. The van der Waals surface area contributed by atoms with E-state index >= 15 is 0 Å². The van der Waals surface area contributed by atoms with Gasteiger partial charge in [-0.05, 0) is 23.1 Å². The third kappa shape index (κ3) is 7.26. The molecule has 0 saturated carbocycles. The lowest BCUT2D eigenvalue weighted by molar-refractivity contribution is -0.120. The number of amides is 2. The van der Waals surface area contributed by atoms with Crippen LogP contribution in [0.4, 0.5) is 9.52 Å². The summed E-state index contributed by atoms with van der Waals surface area (Å²) in [5.74, 6) is 0.818. The third-order valence-electron chi connectivity index (χ3n) is 3.84. The summed E-state index contributed by atoms with van der Waals surface area (Å²) >= 11 is 4.40. The van der Waals surface area contributed by atoms with Crippen LogP contribution in [0.15, 0.2) is 47.2 Å². The first-order valence-corrected chi connectivity index (χ1v) is 11.9. The number of thiophene rings is 1. The fraction of sp³-hybridized carbons (Fsp3) is 0.250. The Balaban J connectivity index is 1.33. The van der Waals surface area contributed by atoms with Crippen LogP contribution in [0.3, 0.4) is 0 Å². The number of thioether (sulfide) groups is 1. The Kier molecular flexibility index (Phi) is 8.21. The Bertz CT molecular complexity index is 944. The van der Waals surface area contributed by atoms with Crippen LogP contribution in [0, 0.1) is 5.82 Å². The molecule has 0 aliphatic rings. The molecule has 0 unspecified atom stereocenters. The maximum atomic E-state index is 13.5. The second-order valence-electron chi connectivity index (χ2n) is 6.12. The molecule has 3 rings (SSSR count). The van der Waals surface area contributed by atoms with Gasteiger partial charge in [0, 0.05) is 28.3 Å². The Labute approximate surface area is 180 Å². The van der Waals surface area contributed by atoms with Gasteiger partial charge in [-0.1, -0.05) is 24.3 Å². The molecule has 2 aromatic heterocycles. The highest BCUT2D eigenvalue weighted by atomic mass is 32.2. The minimum atomic E-state index is -0.203. The number of anilines is 1. The van der Waals surface area contributed by atoms with Crippen molar-refractivity contribution in [3.05, 3.63) is 69.1 Å². The van der Waals surface area contributed by atoms with Crippen molar-refractivity contribution in [3.8, 4) is 0 Å². The van der Waals surface area contributed by atoms with Crippen LogP contribution in [0.2, 0.25) is 0 Å². The van der Waals surface area contributed by atoms with Crippen molar-refractivity contribution >= 4 is 51.4 Å². The van der Waals surface area contributed by atoms with E-state index in [1.54, 1.807) is 29.3 Å². The summed E-state index contributed by atoms with van der Waals surface area (Å²) in [5.41, 5.74) is 1.29. The van der Waals surface area contributed by atoms with Crippen molar-refractivity contribution in [2.75, 3.05) is 17.6 Å². The highest BCUT2D eigenvalue weighted by Gasteiger charge is 2.11. The Morgan fingerprint density at radius 2 is 1.93 bits per heavy atom. The zero-order chi connectivity index (χ0) is 20.5. The fourth-order valence-electron chi connectivity index (χ4n) is 2.47. The highest BCUT2D eigenvalue weighted by molar-refractivity contribution is 7.98. The van der Waals surface area contributed by atoms with E-state index < -0.39 is 0 Å². The molecule has 0 spiro atoms. The zero-order valence-corrected chi connectivity index (χ0v) is 18.0. The molecule has 0 bridgehead atoms. The van der Waals surface area contributed by atoms with E-state index in [4.69, 9.17) is 0 Å². The van der Waals surface area contributed by atoms with Crippen LogP contribution in [0.1, 0.15) is 16.1 Å². The van der Waals surface area contributed by atoms with Crippen LogP contribution < -0.4 is 10.6 Å². The molecule has 2 heterocycles. The first-order valence-electron chi connectivity index (χ1n) is 8.94. The van der Waals surface area contributed by atoms with Gasteiger partial charge in [-0.25, -0.2) is 9.37 Å². The number of hydrogen-bond acceptors (Lipinski definition) is 6. The average Bonchev–Trinajstić information content (AvgIpc) is 3.35. The van der Waals surface area contributed by atoms with E-state index in [0.29, 0.717) is 40.9 Å². The van der Waals surface area contributed by atoms with Crippen molar-refractivity contribution in [1.29, 1.82) is 0 Å². The second kappa shape index (κ2) is 11.1. The Hall–Kier alpha value is -2.23. The smallest absolute Gasteiger partial charge is 0.231 e. The zero-order valence-electron chi connectivity index (χ0n) is 15.5. The number of hydrogen-bond donors (Lipinski definition) is 2. The van der Waals surface area contributed by atoms with Crippen LogP contribution in [0.5, 0.6) is 0 Å². The largest absolute Gasteiger partial charge is 0.355 e. The molecule has 3 aromatic rings. The summed E-state index contributed by atoms with van der Waals surface area (Å²) in [6.07, 6.45) is 0.479. The lowest BCUT2D eigenvalue weighted by atomic mass is 10.2. The van der Waals surface area contributed by atoms with Gasteiger partial charge in [-0.15, -0.1) is 22.7 Å². The van der Waals surface area contributed by atoms with Crippen molar-refractivity contribution < 1.29 is 14.0 Å². The number of nitrogens with zero attached hydrogens (tertiary/aromatic N) is 1. The molecule has 0 aliphatic heterocycles. The lowest BCUT2D eigenvalue weighted by Crippen LogP contribution is -2.27. The van der Waals surface area contributed by atoms with Gasteiger partial charge < -0.3 is 10.6 Å². The molecule has 2 amide bonds. The number of carbonyl (C=O) groups excluding carboxylic acids is 2. The van der Waals surface area contributed by atoms with Gasteiger partial charge in [0.15, 0.2) is 5.13 Å². The van der Waals surface area contributed by atoms with E-state index in [2.05, 4.69) is 15.6 Å². The van der Waals surface area contributed by atoms with Gasteiger partial charge in [-0.3, -0.25) is 9.59 Å². The molecule has 0 aliphatic carbocycles. The molecule has 0 atom stereocenters. The Morgan fingerprint density at radius 3 is 2.72 bits per heavy atom. The molecule has 29 heavy (non-hydrogen) atoms. The first-order chi connectivity index (χ1) is 14.1. The number of benzene rings is 1. The van der Waals surface area contributed by atoms with Gasteiger partial charge in [0.25, 0.3) is 0 Å². The van der Waals surface area contributed by atoms with Gasteiger partial charge >= 0.3 is 0 Å². The predicted molar refractivity (Wildman–Crippen MR) is 118 cm³/mol. The molecular formula is C20H20FN3O2S3. The van der Waals surface area contributed by atoms with E-state index in [-0.39, 0.29) is 24.1 Å². The average molecular weight is 450 g/mol. The normalized spacial score (nSPS) is 10.7. The number of rotatable bonds is 10. The topological polar surface area (TPSA) is 71.1 Å². The van der Waals surface area contributed by atoms with E-state index in [1.807, 2.05) is 23.6 Å². The molecule has 2 N–H and O–H groups in total. The molecule has 0 fully saturated rings. The Morgan fingerprint density at radius 1 is 1.07 bits per heavy atom. The van der Waals surface area contributed by atoms with Crippen molar-refractivity contribution in [3.63, 3.8) is 0 Å². The van der Waals surface area contributed by atoms with Crippen LogP contribution in [0.25, 0.3) is 0 Å². The van der Waals surface area contributed by atoms with Gasteiger partial charge in [-0.2, -0.15) is 11.8 Å². The quantitative estimate of drug-likeness (QED) is 0.457. The molecule has 0 saturated heterocycles. The summed E-state index contributed by atoms with van der Waals surface area (Å²) < 4.78 is 13.5. The molecule has 5 nitrogen and oxygen atoms in total. The summed E-state index contributed by atoms with van der Waals surface area (Å²) in [4.78, 5) is 29.3. The van der Waals surface area contributed by atoms with Crippen LogP contribution in [-0.2, 0) is 28.2 Å². The van der Waals surface area contributed by atoms with Crippen molar-refractivity contribution in [2.24, 2.45) is 0 Å². The molecule has 152 valence electrons. The molecular weight excluding hydrogens is 429 g/mol. The fourth-order valence-corrected chi connectivity index (χ4v) is 4.74. The van der Waals surface area contributed by atoms with Crippen molar-refractivity contribution in [1.82, 2.24) is 10.3 Å². The molecule has 1 aromatic carbocycles. The minimum Gasteiger partial charge on any atom is -0.355 e. The summed E-state index contributed by atoms with van der Waals surface area (Å²) in [6, 6.07) is 10.5. The van der Waals surface area contributed by atoms with Gasteiger partial charge in [0.05, 0.1) is 18.5 Å². The number of halogens is 1. The third-order valence-corrected chi connectivity index (χ3v) is 6.53. The summed E-state index contributed by atoms with van der Waals surface area (Å²) in [6.45, 7) is 0.506. The second-order valence-corrected chi connectivity index (χ2v) is 9.11. The minimum absolute atomic E-state index is 0.121. The highest BCUT2D eigenvalue weighted by Crippen LogP contribution is 2.17. The number of carbonyl (C=O) groups is 2. The maximum absolute atomic E-state index is 13.5. The molecule has 9 heteroatoms. The first kappa shape index (κ1) is 21.5. The molecule has 0 radical (unpaired) electrons. The number of nitrogens with one attached hydrogen (secondary N) is 2. The van der Waals surface area contributed by atoms with E-state index in [0.717, 1.165) is 4.88 Å². The van der Waals surface area contributed by atoms with Crippen LogP contribution in [-0.4, -0.2) is 29.1 Å². The van der Waals surface area contributed by atoms with E-state index in [9.17, 15) is 14.0 Å². The standard InChI is InChI=1S/C20H20FN3O2S3/c21-17-6-2-1-4-14(17)12-27-9-7-22-18(25)10-15-13-29-20(23-15)24-19(26)11-16-5-3-8-28-16/h1-6,8,13H,7,9-12H2,(H,22,25)(H,23,24,26). The number of aromatic nitrogens is 1. The summed E-state index contributed by atoms with van der Waals surface area (Å²) in [5, 5.41) is 9.80. The van der Waals surface area contributed by atoms with Crippen molar-refractivity contribution in [2.45, 2.75) is 18.6 Å². The number of thiazole rings is 1.